The third-order valence-corrected chi connectivity index (χ3v) is 5.31. The van der Waals surface area contributed by atoms with Crippen LogP contribution in [0.2, 0.25) is 0 Å². The van der Waals surface area contributed by atoms with Crippen LogP contribution in [0.4, 0.5) is 0 Å². The Morgan fingerprint density at radius 3 is 2.50 bits per heavy atom. The molecule has 1 atom stereocenters. The molecule has 134 valence electrons. The highest BCUT2D eigenvalue weighted by molar-refractivity contribution is 8.14. The minimum atomic E-state index is -0.0136. The molecular formula is C21H22N2O2S. The van der Waals surface area contributed by atoms with Crippen molar-refractivity contribution in [1.29, 1.82) is 0 Å². The summed E-state index contributed by atoms with van der Waals surface area (Å²) in [4.78, 5) is 29.1. The summed E-state index contributed by atoms with van der Waals surface area (Å²) in [6.07, 6.45) is 0.368. The average molecular weight is 366 g/mol. The normalized spacial score (nSPS) is 12.3. The maximum Gasteiger partial charge on any atom is 0.191 e. The minimum absolute atomic E-state index is 0.00289. The third kappa shape index (κ3) is 4.05. The summed E-state index contributed by atoms with van der Waals surface area (Å²) in [6, 6.07) is 15.4. The lowest BCUT2D eigenvalue weighted by Crippen LogP contribution is -2.12. The first kappa shape index (κ1) is 18.4. The zero-order valence-corrected chi connectivity index (χ0v) is 16.0. The van der Waals surface area contributed by atoms with Gasteiger partial charge in [0.25, 0.3) is 0 Å². The molecule has 3 aromatic rings. The van der Waals surface area contributed by atoms with E-state index in [1.54, 1.807) is 0 Å². The van der Waals surface area contributed by atoms with Crippen molar-refractivity contribution in [2.24, 2.45) is 0 Å². The maximum atomic E-state index is 12.4. The van der Waals surface area contributed by atoms with E-state index in [-0.39, 0.29) is 22.7 Å². The molecule has 0 aliphatic carbocycles. The van der Waals surface area contributed by atoms with Crippen LogP contribution >= 0.6 is 11.8 Å². The zero-order chi connectivity index (χ0) is 18.7. The summed E-state index contributed by atoms with van der Waals surface area (Å²) in [6.45, 7) is 5.95. The molecule has 0 N–H and O–H groups in total. The van der Waals surface area contributed by atoms with E-state index in [4.69, 9.17) is 0 Å². The minimum Gasteiger partial charge on any atom is -0.325 e. The van der Waals surface area contributed by atoms with Crippen LogP contribution in [0.3, 0.4) is 0 Å². The van der Waals surface area contributed by atoms with Crippen molar-refractivity contribution < 1.29 is 9.59 Å². The van der Waals surface area contributed by atoms with E-state index in [0.717, 1.165) is 34.2 Å². The van der Waals surface area contributed by atoms with Crippen LogP contribution in [0.1, 0.15) is 41.1 Å². The van der Waals surface area contributed by atoms with E-state index < -0.39 is 0 Å². The lowest BCUT2D eigenvalue weighted by molar-refractivity contribution is -0.111. The highest BCUT2D eigenvalue weighted by atomic mass is 32.2. The van der Waals surface area contributed by atoms with Gasteiger partial charge in [-0.15, -0.1) is 0 Å². The number of carbonyl (C=O) groups is 2. The number of hydrogen-bond acceptors (Lipinski definition) is 4. The Morgan fingerprint density at radius 1 is 1.08 bits per heavy atom. The molecule has 0 fully saturated rings. The lowest BCUT2D eigenvalue weighted by Gasteiger charge is -2.15. The van der Waals surface area contributed by atoms with Gasteiger partial charge in [0.15, 0.2) is 10.9 Å². The van der Waals surface area contributed by atoms with Crippen molar-refractivity contribution in [2.75, 3.05) is 5.75 Å². The van der Waals surface area contributed by atoms with E-state index in [1.807, 2.05) is 69.3 Å². The number of benzene rings is 2. The number of para-hydroxylation sites is 2. The van der Waals surface area contributed by atoms with Gasteiger partial charge in [0.05, 0.1) is 16.8 Å². The monoisotopic (exact) mass is 366 g/mol. The summed E-state index contributed by atoms with van der Waals surface area (Å²) < 4.78 is 2.09. The second-order valence-corrected chi connectivity index (χ2v) is 7.55. The largest absolute Gasteiger partial charge is 0.325 e. The average Bonchev–Trinajstić information content (AvgIpc) is 2.96. The first-order chi connectivity index (χ1) is 12.5. The number of nitrogens with zero attached hydrogens (tertiary/aromatic N) is 2. The molecule has 0 aliphatic heterocycles. The fraction of sp³-hybridized carbons (Fsp3) is 0.286. The Balaban J connectivity index is 1.61. The summed E-state index contributed by atoms with van der Waals surface area (Å²) in [5.41, 5.74) is 3.74. The molecule has 0 aliphatic rings. The van der Waals surface area contributed by atoms with Gasteiger partial charge in [0.2, 0.25) is 0 Å². The van der Waals surface area contributed by atoms with Gasteiger partial charge in [-0.05, 0) is 32.9 Å². The Kier molecular flexibility index (Phi) is 5.57. The van der Waals surface area contributed by atoms with Crippen LogP contribution in [-0.4, -0.2) is 26.2 Å². The Hall–Kier alpha value is -2.40. The number of aromatic nitrogens is 2. The van der Waals surface area contributed by atoms with E-state index in [2.05, 4.69) is 9.55 Å². The summed E-state index contributed by atoms with van der Waals surface area (Å²) >= 11 is 1.10. The van der Waals surface area contributed by atoms with E-state index >= 15 is 0 Å². The molecule has 26 heavy (non-hydrogen) atoms. The molecule has 1 aromatic heterocycles. The number of ketones is 1. The zero-order valence-electron chi connectivity index (χ0n) is 15.2. The van der Waals surface area contributed by atoms with Gasteiger partial charge in [0, 0.05) is 18.0 Å². The number of thioether (sulfide) groups is 1. The van der Waals surface area contributed by atoms with Crippen molar-refractivity contribution in [3.8, 4) is 0 Å². The fourth-order valence-electron chi connectivity index (χ4n) is 3.08. The molecule has 0 saturated heterocycles. The Morgan fingerprint density at radius 2 is 1.77 bits per heavy atom. The lowest BCUT2D eigenvalue weighted by atomic mass is 10.1. The molecule has 3 rings (SSSR count). The number of rotatable bonds is 6. The van der Waals surface area contributed by atoms with Crippen molar-refractivity contribution in [1.82, 2.24) is 9.55 Å². The van der Waals surface area contributed by atoms with Gasteiger partial charge in [-0.1, -0.05) is 53.7 Å². The molecule has 0 radical (unpaired) electrons. The number of imidazole rings is 1. The van der Waals surface area contributed by atoms with Gasteiger partial charge >= 0.3 is 0 Å². The number of hydrogen-bond donors (Lipinski definition) is 0. The summed E-state index contributed by atoms with van der Waals surface area (Å²) in [7, 11) is 0. The fourth-order valence-corrected chi connectivity index (χ4v) is 3.90. The Labute approximate surface area is 157 Å². The van der Waals surface area contributed by atoms with Crippen molar-refractivity contribution >= 4 is 33.7 Å². The van der Waals surface area contributed by atoms with Crippen LogP contribution in [0, 0.1) is 13.8 Å². The van der Waals surface area contributed by atoms with Crippen molar-refractivity contribution in [2.45, 2.75) is 33.2 Å². The van der Waals surface area contributed by atoms with Crippen LogP contribution in [0.15, 0.2) is 48.5 Å². The molecular weight excluding hydrogens is 344 g/mol. The molecule has 1 unspecified atom stereocenters. The van der Waals surface area contributed by atoms with Gasteiger partial charge in [-0.25, -0.2) is 4.98 Å². The number of carbonyl (C=O) groups excluding carboxylic acids is 2. The number of aryl methyl sites for hydroxylation is 2. The van der Waals surface area contributed by atoms with Gasteiger partial charge in [0.1, 0.15) is 5.82 Å². The van der Waals surface area contributed by atoms with Gasteiger partial charge < -0.3 is 4.57 Å². The standard InChI is InChI=1S/C21H22N2O2S/c1-14-8-10-17(11-9-14)20(24)13-26-21(25)12-15(2)23-16(3)22-18-6-4-5-7-19(18)23/h4-11,15H,12-13H2,1-3H3. The smallest absolute Gasteiger partial charge is 0.191 e. The van der Waals surface area contributed by atoms with Crippen molar-refractivity contribution in [3.05, 3.63) is 65.5 Å². The Bertz CT molecular complexity index is 944. The van der Waals surface area contributed by atoms with Crippen molar-refractivity contribution in [3.63, 3.8) is 0 Å². The summed E-state index contributed by atoms with van der Waals surface area (Å²) in [5.74, 6) is 1.06. The third-order valence-electron chi connectivity index (χ3n) is 4.41. The molecule has 5 heteroatoms. The quantitative estimate of drug-likeness (QED) is 0.591. The molecule has 4 nitrogen and oxygen atoms in total. The molecule has 0 spiro atoms. The predicted molar refractivity (Wildman–Crippen MR) is 107 cm³/mol. The molecule has 0 saturated carbocycles. The number of Topliss-reactive ketones (excluding diaryl/α,β-unsaturated/α-hetero) is 1. The second-order valence-electron chi connectivity index (χ2n) is 6.52. The van der Waals surface area contributed by atoms with E-state index in [0.29, 0.717) is 12.0 Å². The second kappa shape index (κ2) is 7.87. The molecule has 2 aromatic carbocycles. The first-order valence-electron chi connectivity index (χ1n) is 8.65. The number of fused-ring (bicyclic) bond motifs is 1. The topological polar surface area (TPSA) is 52.0 Å². The molecule has 0 amide bonds. The van der Waals surface area contributed by atoms with Gasteiger partial charge in [-0.3, -0.25) is 9.59 Å². The van der Waals surface area contributed by atoms with Gasteiger partial charge in [-0.2, -0.15) is 0 Å². The summed E-state index contributed by atoms with van der Waals surface area (Å²) in [5, 5.41) is 0.0233. The van der Waals surface area contributed by atoms with E-state index in [9.17, 15) is 9.59 Å². The first-order valence-corrected chi connectivity index (χ1v) is 9.63. The molecule has 0 bridgehead atoms. The maximum absolute atomic E-state index is 12.4. The van der Waals surface area contributed by atoms with E-state index in [1.165, 1.54) is 0 Å². The van der Waals surface area contributed by atoms with Crippen LogP contribution < -0.4 is 0 Å². The van der Waals surface area contributed by atoms with Crippen LogP contribution in [-0.2, 0) is 4.79 Å². The van der Waals surface area contributed by atoms with Crippen LogP contribution in [0.25, 0.3) is 11.0 Å². The van der Waals surface area contributed by atoms with Crippen LogP contribution in [0.5, 0.6) is 0 Å². The highest BCUT2D eigenvalue weighted by Crippen LogP contribution is 2.24. The molecule has 1 heterocycles. The SMILES string of the molecule is Cc1ccc(C(=O)CSC(=O)CC(C)n2c(C)nc3ccccc32)cc1. The highest BCUT2D eigenvalue weighted by Gasteiger charge is 2.17. The predicted octanol–water partition coefficient (Wildman–Crippen LogP) is 4.75.